The van der Waals surface area contributed by atoms with Gasteiger partial charge >= 0.3 is 0 Å². The summed E-state index contributed by atoms with van der Waals surface area (Å²) in [7, 11) is 0. The molecule has 0 spiro atoms. The predicted octanol–water partition coefficient (Wildman–Crippen LogP) is 7.35. The SMILES string of the molecule is CCCCC=CC=CC=CCCCCCCCCOC(=NC(C)C)NC(C)C. The van der Waals surface area contributed by atoms with E-state index in [4.69, 9.17) is 4.74 Å². The molecule has 28 heavy (non-hydrogen) atoms. The first-order valence-electron chi connectivity index (χ1n) is 11.5. The Kier molecular flexibility index (Phi) is 19.1. The molecule has 1 N–H and O–H groups in total. The molecule has 3 heteroatoms. The summed E-state index contributed by atoms with van der Waals surface area (Å²) in [5.41, 5.74) is 0. The predicted molar refractivity (Wildman–Crippen MR) is 126 cm³/mol. The van der Waals surface area contributed by atoms with Gasteiger partial charge in [0.2, 0.25) is 0 Å². The summed E-state index contributed by atoms with van der Waals surface area (Å²) in [5.74, 6) is 0. The zero-order valence-electron chi connectivity index (χ0n) is 19.3. The highest BCUT2D eigenvalue weighted by molar-refractivity contribution is 5.73. The van der Waals surface area contributed by atoms with Crippen LogP contribution in [0.1, 0.15) is 98.8 Å². The third kappa shape index (κ3) is 20.8. The molecule has 0 rings (SSSR count). The van der Waals surface area contributed by atoms with Crippen molar-refractivity contribution in [1.82, 2.24) is 5.32 Å². The number of nitrogens with zero attached hydrogens (tertiary/aromatic N) is 1. The third-order valence-electron chi connectivity index (χ3n) is 4.12. The average molecular weight is 391 g/mol. The van der Waals surface area contributed by atoms with Gasteiger partial charge in [0.1, 0.15) is 0 Å². The molecule has 0 fully saturated rings. The smallest absolute Gasteiger partial charge is 0.285 e. The Morgan fingerprint density at radius 1 is 0.786 bits per heavy atom. The molecule has 0 unspecified atom stereocenters. The van der Waals surface area contributed by atoms with Crippen molar-refractivity contribution in [2.75, 3.05) is 6.61 Å². The maximum Gasteiger partial charge on any atom is 0.285 e. The molecule has 0 aromatic rings. The van der Waals surface area contributed by atoms with Gasteiger partial charge in [-0.3, -0.25) is 0 Å². The van der Waals surface area contributed by atoms with Gasteiger partial charge in [-0.15, -0.1) is 0 Å². The summed E-state index contributed by atoms with van der Waals surface area (Å²) in [6.07, 6.45) is 25.6. The van der Waals surface area contributed by atoms with Crippen LogP contribution < -0.4 is 5.32 Å². The number of ether oxygens (including phenoxy) is 1. The molecule has 0 saturated heterocycles. The zero-order chi connectivity index (χ0) is 20.9. The second kappa shape index (κ2) is 20.2. The Morgan fingerprint density at radius 3 is 1.93 bits per heavy atom. The topological polar surface area (TPSA) is 33.6 Å². The molecule has 0 radical (unpaired) electrons. The number of amidine groups is 1. The van der Waals surface area contributed by atoms with Crippen molar-refractivity contribution in [1.29, 1.82) is 0 Å². The molecule has 0 amide bonds. The lowest BCUT2D eigenvalue weighted by Gasteiger charge is -2.15. The molecular weight excluding hydrogens is 344 g/mol. The number of allylic oxidation sites excluding steroid dienone is 6. The van der Waals surface area contributed by atoms with Crippen LogP contribution in [0.4, 0.5) is 0 Å². The minimum Gasteiger partial charge on any atom is -0.465 e. The van der Waals surface area contributed by atoms with Gasteiger partial charge in [-0.2, -0.15) is 0 Å². The number of unbranched alkanes of at least 4 members (excludes halogenated alkanes) is 8. The molecule has 0 saturated carbocycles. The van der Waals surface area contributed by atoms with E-state index in [0.29, 0.717) is 12.1 Å². The third-order valence-corrected chi connectivity index (χ3v) is 4.12. The fourth-order valence-electron chi connectivity index (χ4n) is 2.64. The van der Waals surface area contributed by atoms with Gasteiger partial charge in [-0.25, -0.2) is 4.99 Å². The molecule has 0 heterocycles. The summed E-state index contributed by atoms with van der Waals surface area (Å²) in [6, 6.07) is 1.31. The number of rotatable bonds is 16. The Hall–Kier alpha value is -1.51. The first-order valence-corrected chi connectivity index (χ1v) is 11.5. The van der Waals surface area contributed by atoms with E-state index in [0.717, 1.165) is 13.0 Å². The van der Waals surface area contributed by atoms with Crippen molar-refractivity contribution in [2.45, 2.75) is 111 Å². The summed E-state index contributed by atoms with van der Waals surface area (Å²) < 4.78 is 5.80. The molecular formula is C25H46N2O. The second-order valence-corrected chi connectivity index (χ2v) is 7.97. The van der Waals surface area contributed by atoms with Crippen LogP contribution in [-0.2, 0) is 4.74 Å². The number of hydrogen-bond donors (Lipinski definition) is 1. The standard InChI is InChI=1S/C25H46N2O/c1-6-7-8-9-10-11-12-13-14-15-16-17-18-19-20-21-22-28-25(26-23(2)3)27-24(4)5/h9-14,23-24H,6-8,15-22H2,1-5H3,(H,26,27). The molecule has 0 aromatic heterocycles. The average Bonchev–Trinajstić information content (AvgIpc) is 2.63. The quantitative estimate of drug-likeness (QED) is 0.129. The second-order valence-electron chi connectivity index (χ2n) is 7.97. The van der Waals surface area contributed by atoms with E-state index in [1.807, 2.05) is 0 Å². The van der Waals surface area contributed by atoms with E-state index >= 15 is 0 Å². The van der Waals surface area contributed by atoms with Crippen molar-refractivity contribution in [2.24, 2.45) is 4.99 Å². The van der Waals surface area contributed by atoms with E-state index < -0.39 is 0 Å². The summed E-state index contributed by atoms with van der Waals surface area (Å²) in [4.78, 5) is 4.50. The summed E-state index contributed by atoms with van der Waals surface area (Å²) in [6.45, 7) is 11.3. The van der Waals surface area contributed by atoms with Gasteiger partial charge in [-0.05, 0) is 53.4 Å². The highest BCUT2D eigenvalue weighted by Gasteiger charge is 2.03. The Morgan fingerprint density at radius 2 is 1.36 bits per heavy atom. The van der Waals surface area contributed by atoms with E-state index in [2.05, 4.69) is 81.4 Å². The number of hydrogen-bond acceptors (Lipinski definition) is 2. The first kappa shape index (κ1) is 26.5. The summed E-state index contributed by atoms with van der Waals surface area (Å²) >= 11 is 0. The molecule has 0 bridgehead atoms. The zero-order valence-corrected chi connectivity index (χ0v) is 19.3. The van der Waals surface area contributed by atoms with Gasteiger partial charge in [0.15, 0.2) is 0 Å². The lowest BCUT2D eigenvalue weighted by Crippen LogP contribution is -2.33. The van der Waals surface area contributed by atoms with Gasteiger partial charge in [0.25, 0.3) is 6.02 Å². The van der Waals surface area contributed by atoms with Crippen molar-refractivity contribution in [3.63, 3.8) is 0 Å². The largest absolute Gasteiger partial charge is 0.465 e. The van der Waals surface area contributed by atoms with Gasteiger partial charge < -0.3 is 10.1 Å². The van der Waals surface area contributed by atoms with Crippen LogP contribution in [0.15, 0.2) is 41.4 Å². The van der Waals surface area contributed by atoms with E-state index in [1.165, 1.54) is 57.8 Å². The molecule has 162 valence electrons. The number of nitrogens with one attached hydrogen (secondary N) is 1. The van der Waals surface area contributed by atoms with Crippen molar-refractivity contribution >= 4 is 6.02 Å². The van der Waals surface area contributed by atoms with Crippen LogP contribution in [-0.4, -0.2) is 24.7 Å². The Labute approximate surface area is 175 Å². The minimum atomic E-state index is 0.257. The maximum atomic E-state index is 5.80. The first-order chi connectivity index (χ1) is 13.6. The lowest BCUT2D eigenvalue weighted by atomic mass is 10.1. The highest BCUT2D eigenvalue weighted by atomic mass is 16.5. The van der Waals surface area contributed by atoms with Crippen LogP contribution >= 0.6 is 0 Å². The maximum absolute atomic E-state index is 5.80. The Bertz CT molecular complexity index is 447. The molecule has 3 nitrogen and oxygen atoms in total. The van der Waals surface area contributed by atoms with Crippen LogP contribution in [0.3, 0.4) is 0 Å². The molecule has 0 aliphatic rings. The summed E-state index contributed by atoms with van der Waals surface area (Å²) in [5, 5.41) is 3.28. The van der Waals surface area contributed by atoms with Gasteiger partial charge in [0.05, 0.1) is 6.61 Å². The van der Waals surface area contributed by atoms with Gasteiger partial charge in [0, 0.05) is 12.1 Å². The van der Waals surface area contributed by atoms with Crippen LogP contribution in [0.25, 0.3) is 0 Å². The lowest BCUT2D eigenvalue weighted by molar-refractivity contribution is 0.272. The van der Waals surface area contributed by atoms with Crippen LogP contribution in [0.5, 0.6) is 0 Å². The fraction of sp³-hybridized carbons (Fsp3) is 0.720. The number of aliphatic imine (C=N–C) groups is 1. The molecule has 0 aromatic carbocycles. The van der Waals surface area contributed by atoms with E-state index in [9.17, 15) is 0 Å². The monoisotopic (exact) mass is 390 g/mol. The molecule has 0 aliphatic carbocycles. The molecule has 0 atom stereocenters. The normalized spacial score (nSPS) is 13.0. The van der Waals surface area contributed by atoms with Crippen molar-refractivity contribution in [3.05, 3.63) is 36.5 Å². The van der Waals surface area contributed by atoms with Crippen LogP contribution in [0, 0.1) is 0 Å². The van der Waals surface area contributed by atoms with E-state index in [1.54, 1.807) is 0 Å². The van der Waals surface area contributed by atoms with Crippen molar-refractivity contribution < 1.29 is 4.74 Å². The van der Waals surface area contributed by atoms with Crippen molar-refractivity contribution in [3.8, 4) is 0 Å². The Balaban J connectivity index is 3.55. The fourth-order valence-corrected chi connectivity index (χ4v) is 2.64. The molecule has 0 aliphatic heterocycles. The van der Waals surface area contributed by atoms with Gasteiger partial charge in [-0.1, -0.05) is 81.9 Å². The minimum absolute atomic E-state index is 0.257. The highest BCUT2D eigenvalue weighted by Crippen LogP contribution is 2.08. The van der Waals surface area contributed by atoms with E-state index in [-0.39, 0.29) is 6.04 Å². The van der Waals surface area contributed by atoms with Crippen LogP contribution in [0.2, 0.25) is 0 Å².